The summed E-state index contributed by atoms with van der Waals surface area (Å²) in [4.78, 5) is 107. The van der Waals surface area contributed by atoms with E-state index in [1.165, 1.54) is 36.2 Å². The number of anilines is 3. The molecule has 0 aliphatic carbocycles. The second kappa shape index (κ2) is 47.0. The van der Waals surface area contributed by atoms with Gasteiger partial charge in [-0.1, -0.05) is 97.2 Å². The number of hydrogen-bond acceptors (Lipinski definition) is 17. The fourth-order valence-corrected chi connectivity index (χ4v) is 19.5. The Balaban J connectivity index is 0.000000247. The van der Waals surface area contributed by atoms with Gasteiger partial charge >= 0.3 is 29.6 Å². The molecule has 8 heterocycles. The topological polar surface area (TPSA) is 306 Å². The molecule has 3 radical (unpaired) electrons. The third-order valence-corrected chi connectivity index (χ3v) is 26.9. The van der Waals surface area contributed by atoms with Crippen LogP contribution >= 0.6 is 127 Å². The van der Waals surface area contributed by atoms with E-state index in [1.807, 2.05) is 68.7 Å². The number of terminal acetylenes is 1. The summed E-state index contributed by atoms with van der Waals surface area (Å²) in [6.07, 6.45) is 27.3. The number of carbonyl (C=O) groups is 7. The number of hydrogen-bond donors (Lipinski definition) is 3. The second-order valence-corrected chi connectivity index (χ2v) is 37.1. The first kappa shape index (κ1) is 102. The molecule has 0 spiro atoms. The Hall–Kier alpha value is -9.52. The van der Waals surface area contributed by atoms with E-state index < -0.39 is 31.9 Å². The molecule has 0 bridgehead atoms. The number of aryl methyl sites for hydroxylation is 2. The molecule has 0 atom stereocenters. The van der Waals surface area contributed by atoms with Crippen molar-refractivity contribution in [1.29, 1.82) is 0 Å². The van der Waals surface area contributed by atoms with Crippen LogP contribution in [0.4, 0.5) is 17.1 Å². The molecule has 0 fully saturated rings. The van der Waals surface area contributed by atoms with Gasteiger partial charge in [0, 0.05) is 209 Å². The number of sulfonamides is 2. The van der Waals surface area contributed by atoms with Gasteiger partial charge in [0.2, 0.25) is 20.0 Å². The van der Waals surface area contributed by atoms with Crippen molar-refractivity contribution in [2.45, 2.75) is 77.5 Å². The number of rotatable bonds is 14. The van der Waals surface area contributed by atoms with Gasteiger partial charge < -0.3 is 6.53 Å². The van der Waals surface area contributed by atoms with Gasteiger partial charge in [-0.25, -0.2) is 41.0 Å². The van der Waals surface area contributed by atoms with Crippen LogP contribution in [0.15, 0.2) is 288 Å². The molecule has 5 aromatic heterocycles. The van der Waals surface area contributed by atoms with E-state index in [-0.39, 0.29) is 92.5 Å². The van der Waals surface area contributed by atoms with E-state index >= 15 is 0 Å². The van der Waals surface area contributed by atoms with Gasteiger partial charge in [0.1, 0.15) is 0 Å². The van der Waals surface area contributed by atoms with E-state index in [4.69, 9.17) is 11.5 Å². The number of amides is 6. The number of halogens is 8. The molecule has 0 unspecified atom stereocenters. The number of carbonyl (C=O) groups excluding carboxylic acids is 7. The minimum Gasteiger partial charge on any atom is -1.00 e. The number of nitrogens with one attached hydrogen (secondary N) is 2. The Bertz CT molecular complexity index is 6530. The second-order valence-electron chi connectivity index (χ2n) is 26.8. The van der Waals surface area contributed by atoms with Gasteiger partial charge in [-0.3, -0.25) is 58.5 Å². The van der Waals surface area contributed by atoms with Crippen molar-refractivity contribution in [2.75, 3.05) is 14.7 Å². The molecule has 7 aromatic carbocycles. The maximum atomic E-state index is 13.8. The zero-order chi connectivity index (χ0) is 89.9. The molecule has 631 valence electrons. The molecule has 34 heteroatoms. The number of aliphatic hydroxyl groups is 1. The molecule has 22 nitrogen and oxygen atoms in total. The Morgan fingerprint density at radius 1 is 0.405 bits per heavy atom. The Morgan fingerprint density at radius 2 is 0.706 bits per heavy atom. The summed E-state index contributed by atoms with van der Waals surface area (Å²) in [5.74, 6) is 12.6. The minimum atomic E-state index is -4.02. The molecule has 12 aromatic rings. The Morgan fingerprint density at radius 3 is 1.00 bits per heavy atom. The summed E-state index contributed by atoms with van der Waals surface area (Å²) >= 11 is 26.5. The SMILES string of the molecule is C#Cc1ccc(N2C(=O)C=C(C)C2=O)cc1.CC1=CC(=O)N(c2ccc(C#Cc3cncc(C#Cc4ccc(N5C(=O)C=C(C)C5=O)cc4)c3CNS(=O)(=O)c3cccc4c(C)cccc34)cc2)C1=O.CCc1c(Br)cncc1Br.Cc1cccc2c(S(=O)(=O)NCc3c(Br)cncc3Br)cccc12.O=Cc1c(Br)cncc1Br.OCc1c(Br)cncc1Br.[B].[H-].[Na+]. The summed E-state index contributed by atoms with van der Waals surface area (Å²) in [7, 11) is -7.66. The summed E-state index contributed by atoms with van der Waals surface area (Å²) in [6.45, 7) is 10.8. The zero-order valence-corrected chi connectivity index (χ0v) is 84.1. The van der Waals surface area contributed by atoms with Gasteiger partial charge in [0.05, 0.1) is 33.5 Å². The average molecular weight is 2240 g/mol. The Labute approximate surface area is 821 Å². The zero-order valence-electron chi connectivity index (χ0n) is 68.8. The van der Waals surface area contributed by atoms with E-state index in [0.717, 1.165) is 92.7 Å². The number of benzene rings is 7. The van der Waals surface area contributed by atoms with Crippen LogP contribution in [0.5, 0.6) is 0 Å². The number of aldehydes is 1. The molecule has 6 amide bonds. The first-order valence-electron chi connectivity index (χ1n) is 36.8. The van der Waals surface area contributed by atoms with Gasteiger partial charge in [-0.15, -0.1) is 6.42 Å². The molecule has 0 saturated heterocycles. The monoisotopic (exact) mass is 2230 g/mol. The number of aromatic nitrogens is 5. The van der Waals surface area contributed by atoms with Gasteiger partial charge in [0.25, 0.3) is 35.4 Å². The van der Waals surface area contributed by atoms with Crippen molar-refractivity contribution in [3.05, 3.63) is 345 Å². The van der Waals surface area contributed by atoms with Gasteiger partial charge in [0.15, 0.2) is 6.29 Å². The van der Waals surface area contributed by atoms with Crippen molar-refractivity contribution in [3.63, 3.8) is 0 Å². The third-order valence-electron chi connectivity index (χ3n) is 18.6. The molecular formula is C92H69BBr8N10NaO12S2. The quantitative estimate of drug-likeness (QED) is 0.0394. The van der Waals surface area contributed by atoms with Crippen molar-refractivity contribution >= 4 is 236 Å². The standard InChI is InChI=1S/C43H30N4O6S.C17H14Br2N2O2S.C13H9NO2.C7H7Br2N.C6H5Br2NO.C6H3Br2NO.B.Na.H/c1-27-6-4-8-37-36(27)7-5-9-39(37)54(52,53)45-26-38-32(16-10-30-12-18-34(19-13-30)46-40(48)22-28(2)42(46)50)24-44-25-33(38)17-11-31-14-20-35(21-15-31)47-41(49)23-29(3)43(47)51;1-11-4-2-6-13-12(11)5-3-7-17(13)24(22,23)21-8-14-15(18)9-20-10-16(14)19;1-3-10-4-6-11(7-5-10)14-12(15)8-9(2)13(14)16;1-2-5-6(8)3-10-4-7(5)9;2*7-5-1-9-2-6(8)4(5)3-10;;;/h4-9,12-15,18-25,45H,26H2,1-3H3;2-7,9-10,21H,8H2,1H3;1,4-8H,2H3;3-4H,2H2,1H3;1-2,10H,3H2;1-3H;;;/q;;;;;;;+1;-1. The summed E-state index contributed by atoms with van der Waals surface area (Å²) in [6, 6.07) is 41.6. The van der Waals surface area contributed by atoms with Crippen LogP contribution in [-0.2, 0) is 74.9 Å². The van der Waals surface area contributed by atoms with Gasteiger partial charge in [-0.2, -0.15) is 0 Å². The van der Waals surface area contributed by atoms with Crippen LogP contribution < -0.4 is 53.7 Å². The largest absolute Gasteiger partial charge is 1.00 e. The molecule has 3 N–H and O–H groups in total. The average Bonchev–Trinajstić information content (AvgIpc) is 1.70. The first-order valence-corrected chi connectivity index (χ1v) is 46.1. The molecule has 3 aliphatic rings. The maximum absolute atomic E-state index is 13.8. The van der Waals surface area contributed by atoms with Crippen LogP contribution in [0, 0.1) is 49.9 Å². The molecule has 15 rings (SSSR count). The third kappa shape index (κ3) is 25.5. The van der Waals surface area contributed by atoms with Crippen molar-refractivity contribution in [1.82, 2.24) is 34.4 Å². The van der Waals surface area contributed by atoms with E-state index in [2.05, 4.69) is 198 Å². The van der Waals surface area contributed by atoms with Crippen molar-refractivity contribution in [2.24, 2.45) is 0 Å². The maximum Gasteiger partial charge on any atom is 1.00 e. The van der Waals surface area contributed by atoms with Crippen molar-refractivity contribution < 1.29 is 86.5 Å². The van der Waals surface area contributed by atoms with Crippen LogP contribution in [0.3, 0.4) is 0 Å². The summed E-state index contributed by atoms with van der Waals surface area (Å²) in [5, 5.41) is 11.9. The van der Waals surface area contributed by atoms with E-state index in [9.17, 15) is 50.4 Å². The van der Waals surface area contributed by atoms with Crippen LogP contribution in [0.1, 0.15) is 101 Å². The minimum absolute atomic E-state index is 0. The van der Waals surface area contributed by atoms with Gasteiger partial charge in [-0.05, 0) is 286 Å². The van der Waals surface area contributed by atoms with Crippen molar-refractivity contribution in [3.8, 4) is 36.0 Å². The number of pyridine rings is 5. The van der Waals surface area contributed by atoms with E-state index in [1.54, 1.807) is 161 Å². The first-order chi connectivity index (χ1) is 59.2. The predicted molar refractivity (Wildman–Crippen MR) is 514 cm³/mol. The summed E-state index contributed by atoms with van der Waals surface area (Å²) < 4.78 is 65.3. The number of imide groups is 3. The fourth-order valence-electron chi connectivity index (χ4n) is 12.1. The normalized spacial score (nSPS) is 12.5. The van der Waals surface area contributed by atoms with Crippen LogP contribution in [-0.4, -0.2) is 97.0 Å². The van der Waals surface area contributed by atoms with Crippen LogP contribution in [0.2, 0.25) is 0 Å². The number of nitrogens with zero attached hydrogens (tertiary/aromatic N) is 8. The summed E-state index contributed by atoms with van der Waals surface area (Å²) in [5.41, 5.74) is 11.3. The smallest absolute Gasteiger partial charge is 1.00 e. The molecule has 0 saturated carbocycles. The number of aliphatic hydroxyl groups excluding tert-OH is 1. The molecule has 126 heavy (non-hydrogen) atoms. The van der Waals surface area contributed by atoms with E-state index in [0.29, 0.717) is 87.1 Å². The fraction of sp³-hybridized carbons (Fsp3) is 0.109. The molecular weight excluding hydrogens is 2170 g/mol. The molecule has 3 aliphatic heterocycles. The van der Waals surface area contributed by atoms with Crippen LogP contribution in [0.25, 0.3) is 21.5 Å². The number of fused-ring (bicyclic) bond motifs is 2. The Kier molecular flexibility index (Phi) is 38.0. The predicted octanol–water partition coefficient (Wildman–Crippen LogP) is 15.9.